The summed E-state index contributed by atoms with van der Waals surface area (Å²) in [7, 11) is 0. The van der Waals surface area contributed by atoms with Crippen LogP contribution >= 0.6 is 11.6 Å². The number of alkyl halides is 1. The molecule has 1 saturated carbocycles. The van der Waals surface area contributed by atoms with Gasteiger partial charge in [0.25, 0.3) is 0 Å². The van der Waals surface area contributed by atoms with Crippen LogP contribution in [-0.4, -0.2) is 11.7 Å². The zero-order chi connectivity index (χ0) is 7.45. The van der Waals surface area contributed by atoms with E-state index in [-0.39, 0.29) is 5.60 Å². The average molecular weight is 163 g/mol. The molecular formula is C8H15ClO. The van der Waals surface area contributed by atoms with Crippen molar-refractivity contribution in [2.45, 2.75) is 44.6 Å². The molecule has 0 heterocycles. The quantitative estimate of drug-likeness (QED) is 0.568. The lowest BCUT2D eigenvalue weighted by Gasteiger charge is -2.32. The number of ether oxygens (including phenoxy) is 1. The van der Waals surface area contributed by atoms with Crippen molar-refractivity contribution in [1.82, 2.24) is 0 Å². The third-order valence-electron chi connectivity index (χ3n) is 2.31. The summed E-state index contributed by atoms with van der Waals surface area (Å²) in [4.78, 5) is 0. The highest BCUT2D eigenvalue weighted by molar-refractivity contribution is 6.17. The molecule has 1 rings (SSSR count). The van der Waals surface area contributed by atoms with Crippen LogP contribution in [0.2, 0.25) is 0 Å². The monoisotopic (exact) mass is 162 g/mol. The van der Waals surface area contributed by atoms with Gasteiger partial charge < -0.3 is 4.74 Å². The van der Waals surface area contributed by atoms with Crippen molar-refractivity contribution < 1.29 is 4.74 Å². The summed E-state index contributed by atoms with van der Waals surface area (Å²) in [6.45, 7) is 2.16. The molecule has 1 fully saturated rings. The van der Waals surface area contributed by atoms with E-state index in [1.54, 1.807) is 0 Å². The van der Waals surface area contributed by atoms with Crippen molar-refractivity contribution in [3.8, 4) is 0 Å². The maximum atomic E-state index is 5.50. The van der Waals surface area contributed by atoms with Crippen LogP contribution in [0.1, 0.15) is 39.0 Å². The molecule has 0 aromatic heterocycles. The van der Waals surface area contributed by atoms with Crippen molar-refractivity contribution in [3.63, 3.8) is 0 Å². The maximum absolute atomic E-state index is 5.50. The number of hydrogen-bond donors (Lipinski definition) is 0. The molecule has 2 heteroatoms. The molecule has 0 N–H and O–H groups in total. The lowest BCUT2D eigenvalue weighted by atomic mass is 9.86. The van der Waals surface area contributed by atoms with Crippen molar-refractivity contribution >= 4 is 11.6 Å². The lowest BCUT2D eigenvalue weighted by Crippen LogP contribution is -2.30. The third kappa shape index (κ3) is 2.14. The van der Waals surface area contributed by atoms with Gasteiger partial charge in [0.05, 0.1) is 5.60 Å². The molecule has 0 amide bonds. The zero-order valence-electron chi connectivity index (χ0n) is 6.53. The Morgan fingerprint density at radius 3 is 2.40 bits per heavy atom. The fourth-order valence-electron chi connectivity index (χ4n) is 1.58. The van der Waals surface area contributed by atoms with Crippen LogP contribution in [0.5, 0.6) is 0 Å². The fourth-order valence-corrected chi connectivity index (χ4v) is 1.84. The summed E-state index contributed by atoms with van der Waals surface area (Å²) in [6, 6.07) is 0.344. The largest absolute Gasteiger partial charge is 0.360 e. The van der Waals surface area contributed by atoms with Gasteiger partial charge in [0.2, 0.25) is 0 Å². The smallest absolute Gasteiger partial charge is 0.121 e. The van der Waals surface area contributed by atoms with Gasteiger partial charge in [-0.3, -0.25) is 0 Å². The van der Waals surface area contributed by atoms with Gasteiger partial charge in [0, 0.05) is 0 Å². The molecule has 0 aliphatic heterocycles. The maximum Gasteiger partial charge on any atom is 0.121 e. The van der Waals surface area contributed by atoms with Crippen LogP contribution in [0.3, 0.4) is 0 Å². The van der Waals surface area contributed by atoms with Crippen LogP contribution in [0.15, 0.2) is 0 Å². The molecular weight excluding hydrogens is 148 g/mol. The first-order valence-electron chi connectivity index (χ1n) is 3.97. The van der Waals surface area contributed by atoms with Crippen LogP contribution in [0, 0.1) is 0 Å². The molecule has 0 aromatic rings. The molecule has 0 aromatic carbocycles. The van der Waals surface area contributed by atoms with E-state index in [0.717, 1.165) is 0 Å². The Labute approximate surface area is 67.7 Å². The summed E-state index contributed by atoms with van der Waals surface area (Å²) in [5.41, 5.74) is 0.0972. The zero-order valence-corrected chi connectivity index (χ0v) is 7.28. The van der Waals surface area contributed by atoms with Gasteiger partial charge >= 0.3 is 0 Å². The molecule has 0 bridgehead atoms. The van der Waals surface area contributed by atoms with Crippen LogP contribution in [0.25, 0.3) is 0 Å². The standard InChI is InChI=1S/C8H15ClO/c1-8(10-7-9)5-3-2-4-6-8/h2-7H2,1H3. The Bertz CT molecular complexity index is 91.9. The van der Waals surface area contributed by atoms with E-state index in [1.807, 2.05) is 0 Å². The predicted octanol–water partition coefficient (Wildman–Crippen LogP) is 2.92. The van der Waals surface area contributed by atoms with E-state index < -0.39 is 0 Å². The van der Waals surface area contributed by atoms with E-state index in [2.05, 4.69) is 6.92 Å². The summed E-state index contributed by atoms with van der Waals surface area (Å²) >= 11 is 5.50. The average Bonchev–Trinajstić information content (AvgIpc) is 1.89. The first kappa shape index (κ1) is 8.35. The molecule has 1 aliphatic rings. The summed E-state index contributed by atoms with van der Waals surface area (Å²) < 4.78 is 5.44. The van der Waals surface area contributed by atoms with Crippen molar-refractivity contribution in [3.05, 3.63) is 0 Å². The summed E-state index contributed by atoms with van der Waals surface area (Å²) in [6.07, 6.45) is 6.32. The van der Waals surface area contributed by atoms with Gasteiger partial charge in [-0.1, -0.05) is 30.9 Å². The van der Waals surface area contributed by atoms with Gasteiger partial charge in [-0.2, -0.15) is 0 Å². The highest BCUT2D eigenvalue weighted by atomic mass is 35.5. The van der Waals surface area contributed by atoms with Crippen molar-refractivity contribution in [2.24, 2.45) is 0 Å². The first-order valence-corrected chi connectivity index (χ1v) is 4.50. The molecule has 60 valence electrons. The van der Waals surface area contributed by atoms with Crippen molar-refractivity contribution in [1.29, 1.82) is 0 Å². The van der Waals surface area contributed by atoms with E-state index in [4.69, 9.17) is 16.3 Å². The molecule has 10 heavy (non-hydrogen) atoms. The topological polar surface area (TPSA) is 9.23 Å². The molecule has 0 radical (unpaired) electrons. The molecule has 0 saturated heterocycles. The normalized spacial score (nSPS) is 24.6. The number of halogens is 1. The van der Waals surface area contributed by atoms with E-state index >= 15 is 0 Å². The van der Waals surface area contributed by atoms with Crippen molar-refractivity contribution in [2.75, 3.05) is 6.07 Å². The van der Waals surface area contributed by atoms with Gasteiger partial charge in [-0.05, 0) is 19.8 Å². The number of rotatable bonds is 2. The van der Waals surface area contributed by atoms with E-state index in [0.29, 0.717) is 6.07 Å². The van der Waals surface area contributed by atoms with Crippen LogP contribution < -0.4 is 0 Å². The predicted molar refractivity (Wildman–Crippen MR) is 43.3 cm³/mol. The van der Waals surface area contributed by atoms with Crippen LogP contribution in [0.4, 0.5) is 0 Å². The van der Waals surface area contributed by atoms with Gasteiger partial charge in [0.1, 0.15) is 6.07 Å². The summed E-state index contributed by atoms with van der Waals surface area (Å²) in [5.74, 6) is 0. The highest BCUT2D eigenvalue weighted by Crippen LogP contribution is 2.30. The minimum atomic E-state index is 0.0972. The van der Waals surface area contributed by atoms with E-state index in [9.17, 15) is 0 Å². The van der Waals surface area contributed by atoms with Crippen LogP contribution in [-0.2, 0) is 4.74 Å². The fraction of sp³-hybridized carbons (Fsp3) is 1.00. The Hall–Kier alpha value is 0.250. The minimum absolute atomic E-state index is 0.0972. The SMILES string of the molecule is CC1(OCCl)CCCCC1. The lowest BCUT2D eigenvalue weighted by molar-refractivity contribution is -0.0338. The Morgan fingerprint density at radius 1 is 1.30 bits per heavy atom. The van der Waals surface area contributed by atoms with Gasteiger partial charge in [0.15, 0.2) is 0 Å². The second-order valence-electron chi connectivity index (χ2n) is 3.26. The first-order chi connectivity index (χ1) is 4.77. The summed E-state index contributed by atoms with van der Waals surface area (Å²) in [5, 5.41) is 0. The van der Waals surface area contributed by atoms with E-state index in [1.165, 1.54) is 32.1 Å². The molecule has 0 atom stereocenters. The minimum Gasteiger partial charge on any atom is -0.360 e. The molecule has 1 nitrogen and oxygen atoms in total. The molecule has 0 spiro atoms. The Morgan fingerprint density at radius 2 is 1.90 bits per heavy atom. The second-order valence-corrected chi connectivity index (χ2v) is 3.48. The third-order valence-corrected chi connectivity index (χ3v) is 2.42. The highest BCUT2D eigenvalue weighted by Gasteiger charge is 2.26. The van der Waals surface area contributed by atoms with Gasteiger partial charge in [-0.15, -0.1) is 0 Å². The molecule has 0 unspecified atom stereocenters. The molecule has 1 aliphatic carbocycles. The Kier molecular flexibility index (Phi) is 2.99. The Balaban J connectivity index is 2.32. The van der Waals surface area contributed by atoms with Gasteiger partial charge in [-0.25, -0.2) is 0 Å². The second kappa shape index (κ2) is 3.59. The number of hydrogen-bond acceptors (Lipinski definition) is 1.